The molecule has 2 aromatic carbocycles. The Balaban J connectivity index is 0.00000274. The maximum atomic E-state index is 13.1. The first kappa shape index (κ1) is 22.8. The van der Waals surface area contributed by atoms with E-state index in [0.29, 0.717) is 23.7 Å². The standard InChI is InChI=1S/C23H19FN6O3.CH4/c1-30-20-16-8-9-25-11-14(16)4-7-18(20)33-12-17(23(30)32)26-22(31)21-27-19(28-29-21)10-13-2-5-15(24)6-3-13;/h2-9,11,17H,10,12H2,1H3,(H,26,31)(H,27,28,29);1H4/t17-;/m0./s1. The van der Waals surface area contributed by atoms with Crippen LogP contribution in [0.4, 0.5) is 10.1 Å². The fourth-order valence-corrected chi connectivity index (χ4v) is 3.78. The fraction of sp³-hybridized carbons (Fsp3) is 0.208. The second kappa shape index (κ2) is 9.26. The first-order valence-electron chi connectivity index (χ1n) is 10.2. The lowest BCUT2D eigenvalue weighted by Crippen LogP contribution is -2.49. The van der Waals surface area contributed by atoms with E-state index in [1.54, 1.807) is 37.6 Å². The van der Waals surface area contributed by atoms with Crippen molar-refractivity contribution in [2.45, 2.75) is 19.9 Å². The minimum atomic E-state index is -0.925. The Labute approximate surface area is 195 Å². The zero-order chi connectivity index (χ0) is 22.9. The molecule has 9 nitrogen and oxygen atoms in total. The van der Waals surface area contributed by atoms with Crippen LogP contribution in [0, 0.1) is 5.82 Å². The number of likely N-dealkylation sites (N-methyl/N-ethyl adjacent to an activating group) is 1. The van der Waals surface area contributed by atoms with Crippen molar-refractivity contribution in [3.8, 4) is 5.75 Å². The van der Waals surface area contributed by atoms with E-state index in [9.17, 15) is 14.0 Å². The molecule has 0 spiro atoms. The molecule has 0 aliphatic carbocycles. The highest BCUT2D eigenvalue weighted by molar-refractivity contribution is 6.09. The molecule has 0 saturated heterocycles. The number of ether oxygens (including phenoxy) is 1. The van der Waals surface area contributed by atoms with Crippen molar-refractivity contribution in [1.82, 2.24) is 25.5 Å². The van der Waals surface area contributed by atoms with E-state index in [1.807, 2.05) is 12.1 Å². The molecule has 1 aliphatic rings. The van der Waals surface area contributed by atoms with Crippen molar-refractivity contribution in [2.24, 2.45) is 0 Å². The molecule has 2 amide bonds. The van der Waals surface area contributed by atoms with Crippen LogP contribution in [0.2, 0.25) is 0 Å². The van der Waals surface area contributed by atoms with Gasteiger partial charge in [0.05, 0.1) is 5.69 Å². The highest BCUT2D eigenvalue weighted by atomic mass is 19.1. The molecule has 2 N–H and O–H groups in total. The van der Waals surface area contributed by atoms with E-state index < -0.39 is 11.9 Å². The highest BCUT2D eigenvalue weighted by Gasteiger charge is 2.32. The minimum absolute atomic E-state index is 0. The Kier molecular flexibility index (Phi) is 6.22. The van der Waals surface area contributed by atoms with Gasteiger partial charge in [-0.25, -0.2) is 9.37 Å². The topological polar surface area (TPSA) is 113 Å². The number of nitrogens with zero attached hydrogens (tertiary/aromatic N) is 4. The summed E-state index contributed by atoms with van der Waals surface area (Å²) in [6.07, 6.45) is 3.72. The van der Waals surface area contributed by atoms with Crippen LogP contribution >= 0.6 is 0 Å². The maximum absolute atomic E-state index is 13.1. The third-order valence-corrected chi connectivity index (χ3v) is 5.45. The number of fused-ring (bicyclic) bond motifs is 3. The third-order valence-electron chi connectivity index (χ3n) is 5.45. The molecule has 1 aliphatic heterocycles. The molecule has 174 valence electrons. The van der Waals surface area contributed by atoms with Crippen LogP contribution in [-0.4, -0.2) is 51.7 Å². The van der Waals surface area contributed by atoms with Crippen molar-refractivity contribution in [1.29, 1.82) is 0 Å². The van der Waals surface area contributed by atoms with Crippen molar-refractivity contribution >= 4 is 28.3 Å². The zero-order valence-corrected chi connectivity index (χ0v) is 17.6. The molecule has 2 aromatic heterocycles. The Morgan fingerprint density at radius 3 is 2.82 bits per heavy atom. The predicted molar refractivity (Wildman–Crippen MR) is 124 cm³/mol. The van der Waals surface area contributed by atoms with Crippen molar-refractivity contribution in [3.63, 3.8) is 0 Å². The summed E-state index contributed by atoms with van der Waals surface area (Å²) in [5.74, 6) is -0.370. The summed E-state index contributed by atoms with van der Waals surface area (Å²) in [6.45, 7) is -0.0363. The van der Waals surface area contributed by atoms with Crippen LogP contribution in [0.15, 0.2) is 54.9 Å². The Morgan fingerprint density at radius 1 is 1.24 bits per heavy atom. The van der Waals surface area contributed by atoms with Gasteiger partial charge in [0, 0.05) is 36.6 Å². The number of aromatic nitrogens is 4. The number of halogens is 1. The van der Waals surface area contributed by atoms with E-state index in [4.69, 9.17) is 4.74 Å². The van der Waals surface area contributed by atoms with Crippen molar-refractivity contribution in [3.05, 3.63) is 77.9 Å². The smallest absolute Gasteiger partial charge is 0.291 e. The molecule has 0 unspecified atom stereocenters. The number of anilines is 1. The number of H-pyrrole nitrogens is 1. The molecule has 0 saturated carbocycles. The van der Waals surface area contributed by atoms with E-state index >= 15 is 0 Å². The largest absolute Gasteiger partial charge is 0.489 e. The molecule has 1 atom stereocenters. The van der Waals surface area contributed by atoms with Gasteiger partial charge in [-0.15, -0.1) is 5.10 Å². The second-order valence-corrected chi connectivity index (χ2v) is 7.65. The van der Waals surface area contributed by atoms with Gasteiger partial charge in [0.25, 0.3) is 11.8 Å². The fourth-order valence-electron chi connectivity index (χ4n) is 3.78. The number of rotatable bonds is 4. The molecule has 0 bridgehead atoms. The lowest BCUT2D eigenvalue weighted by atomic mass is 10.1. The average molecular weight is 462 g/mol. The van der Waals surface area contributed by atoms with E-state index in [0.717, 1.165) is 16.3 Å². The SMILES string of the molecule is C.CN1C(=O)[C@@H](NC(=O)c2n[nH]c(Cc3ccc(F)cc3)n2)COc2ccc3cnccc3c21. The predicted octanol–water partition coefficient (Wildman–Crippen LogP) is 2.87. The summed E-state index contributed by atoms with van der Waals surface area (Å²) in [4.78, 5) is 35.7. The molecule has 34 heavy (non-hydrogen) atoms. The number of pyridine rings is 1. The van der Waals surface area contributed by atoms with Crippen LogP contribution in [-0.2, 0) is 11.2 Å². The number of amides is 2. The number of nitrogens with one attached hydrogen (secondary N) is 2. The molecule has 4 aromatic rings. The quantitative estimate of drug-likeness (QED) is 0.482. The Hall–Kier alpha value is -4.34. The molecular formula is C24H23FN6O3. The Bertz CT molecular complexity index is 1350. The van der Waals surface area contributed by atoms with E-state index in [2.05, 4.69) is 25.5 Å². The summed E-state index contributed by atoms with van der Waals surface area (Å²) in [6, 6.07) is 10.5. The molecule has 3 heterocycles. The molecule has 10 heteroatoms. The van der Waals surface area contributed by atoms with Crippen molar-refractivity contribution < 1.29 is 18.7 Å². The van der Waals surface area contributed by atoms with Crippen LogP contribution in [0.1, 0.15) is 29.4 Å². The number of carbonyl (C=O) groups excluding carboxylic acids is 2. The molecule has 5 rings (SSSR count). The summed E-state index contributed by atoms with van der Waals surface area (Å²) in [5, 5.41) is 11.0. The molecule has 0 fully saturated rings. The van der Waals surface area contributed by atoms with Gasteiger partial charge in [-0.3, -0.25) is 19.7 Å². The van der Waals surface area contributed by atoms with Crippen LogP contribution < -0.4 is 15.0 Å². The van der Waals surface area contributed by atoms with Crippen LogP contribution in [0.3, 0.4) is 0 Å². The maximum Gasteiger partial charge on any atom is 0.291 e. The molecular weight excluding hydrogens is 439 g/mol. The minimum Gasteiger partial charge on any atom is -0.489 e. The van der Waals surface area contributed by atoms with Crippen LogP contribution in [0.25, 0.3) is 10.8 Å². The van der Waals surface area contributed by atoms with E-state index in [-0.39, 0.29) is 31.6 Å². The van der Waals surface area contributed by atoms with Gasteiger partial charge in [0.1, 0.15) is 30.0 Å². The summed E-state index contributed by atoms with van der Waals surface area (Å²) in [5.41, 5.74) is 1.43. The van der Waals surface area contributed by atoms with Gasteiger partial charge < -0.3 is 15.0 Å². The lowest BCUT2D eigenvalue weighted by Gasteiger charge is -2.21. The summed E-state index contributed by atoms with van der Waals surface area (Å²) >= 11 is 0. The monoisotopic (exact) mass is 462 g/mol. The highest BCUT2D eigenvalue weighted by Crippen LogP contribution is 2.37. The average Bonchev–Trinajstić information content (AvgIpc) is 3.26. The van der Waals surface area contributed by atoms with Crippen molar-refractivity contribution in [2.75, 3.05) is 18.6 Å². The number of hydrogen-bond acceptors (Lipinski definition) is 6. The van der Waals surface area contributed by atoms with Gasteiger partial charge >= 0.3 is 0 Å². The van der Waals surface area contributed by atoms with Gasteiger partial charge in [0.15, 0.2) is 0 Å². The number of hydrogen-bond donors (Lipinski definition) is 2. The number of aromatic amines is 1. The lowest BCUT2D eigenvalue weighted by molar-refractivity contribution is -0.120. The molecule has 0 radical (unpaired) electrons. The zero-order valence-electron chi connectivity index (χ0n) is 17.6. The van der Waals surface area contributed by atoms with E-state index in [1.165, 1.54) is 17.0 Å². The Morgan fingerprint density at radius 2 is 2.03 bits per heavy atom. The first-order chi connectivity index (χ1) is 16.0. The first-order valence-corrected chi connectivity index (χ1v) is 10.2. The third kappa shape index (κ3) is 4.29. The van der Waals surface area contributed by atoms with Gasteiger partial charge in [-0.2, -0.15) is 0 Å². The second-order valence-electron chi connectivity index (χ2n) is 7.65. The van der Waals surface area contributed by atoms with Gasteiger partial charge in [-0.05, 0) is 35.9 Å². The normalized spacial score (nSPS) is 15.2. The van der Waals surface area contributed by atoms with Crippen LogP contribution in [0.5, 0.6) is 5.75 Å². The summed E-state index contributed by atoms with van der Waals surface area (Å²) in [7, 11) is 1.64. The van der Waals surface area contributed by atoms with Gasteiger partial charge in [0.2, 0.25) is 5.82 Å². The summed E-state index contributed by atoms with van der Waals surface area (Å²) < 4.78 is 18.9. The number of carbonyl (C=O) groups is 2. The number of benzene rings is 2. The van der Waals surface area contributed by atoms with Gasteiger partial charge in [-0.1, -0.05) is 19.6 Å².